The molecule has 0 spiro atoms. The predicted octanol–water partition coefficient (Wildman–Crippen LogP) is -0.344. The van der Waals surface area contributed by atoms with E-state index in [1.54, 1.807) is 0 Å². The van der Waals surface area contributed by atoms with Crippen molar-refractivity contribution < 1.29 is 14.3 Å². The number of nitrogens with two attached hydrogens (primary N) is 1. The molecule has 5 nitrogen and oxygen atoms in total. The first kappa shape index (κ1) is 11.2. The summed E-state index contributed by atoms with van der Waals surface area (Å²) in [6, 6.07) is 0. The van der Waals surface area contributed by atoms with Crippen LogP contribution >= 0.6 is 11.8 Å². The highest BCUT2D eigenvalue weighted by atomic mass is 32.2. The molecular weight excluding hydrogens is 216 g/mol. The van der Waals surface area contributed by atoms with E-state index in [9.17, 15) is 4.79 Å². The second-order valence-corrected chi connectivity index (χ2v) is 5.16. The van der Waals surface area contributed by atoms with E-state index >= 15 is 0 Å². The van der Waals surface area contributed by atoms with Gasteiger partial charge in [0.05, 0.1) is 24.6 Å². The smallest absolute Gasteiger partial charge is 0.263 e. The minimum Gasteiger partial charge on any atom is -0.379 e. The molecule has 6 heteroatoms. The van der Waals surface area contributed by atoms with Crippen LogP contribution in [0, 0.1) is 0 Å². The molecule has 0 bridgehead atoms. The van der Waals surface area contributed by atoms with Gasteiger partial charge in [-0.3, -0.25) is 10.2 Å². The lowest BCUT2D eigenvalue weighted by molar-refractivity contribution is -0.131. The van der Waals surface area contributed by atoms with E-state index < -0.39 is 0 Å². The quantitative estimate of drug-likeness (QED) is 0.394. The third-order valence-corrected chi connectivity index (χ3v) is 3.98. The van der Waals surface area contributed by atoms with Crippen molar-refractivity contribution in [2.75, 3.05) is 19.0 Å². The molecule has 0 aromatic rings. The number of carbonyl (C=O) groups is 1. The minimum absolute atomic E-state index is 0.192. The third kappa shape index (κ3) is 2.84. The van der Waals surface area contributed by atoms with Gasteiger partial charge in [0.2, 0.25) is 0 Å². The Morgan fingerprint density at radius 1 is 1.47 bits per heavy atom. The van der Waals surface area contributed by atoms with Gasteiger partial charge in [-0.25, -0.2) is 5.84 Å². The number of nitrogens with one attached hydrogen (secondary N) is 1. The molecule has 2 aliphatic heterocycles. The average Bonchev–Trinajstić information content (AvgIpc) is 2.63. The van der Waals surface area contributed by atoms with Crippen LogP contribution in [0.4, 0.5) is 0 Å². The Morgan fingerprint density at radius 2 is 2.27 bits per heavy atom. The number of amides is 1. The Morgan fingerprint density at radius 3 is 2.87 bits per heavy atom. The second-order valence-electron chi connectivity index (χ2n) is 3.83. The van der Waals surface area contributed by atoms with Crippen LogP contribution in [-0.4, -0.2) is 42.3 Å². The third-order valence-electron chi connectivity index (χ3n) is 2.67. The molecule has 86 valence electrons. The zero-order chi connectivity index (χ0) is 10.7. The summed E-state index contributed by atoms with van der Waals surface area (Å²) in [5.41, 5.74) is 2.12. The first-order valence-corrected chi connectivity index (χ1v) is 6.19. The molecule has 15 heavy (non-hydrogen) atoms. The molecule has 2 heterocycles. The molecular formula is C9H16N2O3S. The first-order valence-electron chi connectivity index (χ1n) is 5.15. The lowest BCUT2D eigenvalue weighted by Crippen LogP contribution is -2.39. The fraction of sp³-hybridized carbons (Fsp3) is 0.889. The first-order chi connectivity index (χ1) is 7.29. The van der Waals surface area contributed by atoms with E-state index in [0.29, 0.717) is 5.25 Å². The van der Waals surface area contributed by atoms with Gasteiger partial charge in [0.25, 0.3) is 5.91 Å². The molecule has 1 amide bonds. The van der Waals surface area contributed by atoms with Crippen molar-refractivity contribution in [3.63, 3.8) is 0 Å². The van der Waals surface area contributed by atoms with Crippen LogP contribution in [0.5, 0.6) is 0 Å². The van der Waals surface area contributed by atoms with E-state index in [-0.39, 0.29) is 18.1 Å². The highest BCUT2D eigenvalue weighted by Gasteiger charge is 2.31. The summed E-state index contributed by atoms with van der Waals surface area (Å²) < 4.78 is 10.7. The van der Waals surface area contributed by atoms with Crippen LogP contribution in [0.1, 0.15) is 12.8 Å². The normalized spacial score (nSPS) is 31.3. The number of ether oxygens (including phenoxy) is 2. The molecule has 0 aliphatic carbocycles. The molecule has 0 aromatic carbocycles. The lowest BCUT2D eigenvalue weighted by Gasteiger charge is -2.26. The monoisotopic (exact) mass is 232 g/mol. The van der Waals surface area contributed by atoms with E-state index in [0.717, 1.165) is 31.8 Å². The van der Waals surface area contributed by atoms with Crippen molar-refractivity contribution in [2.24, 2.45) is 5.84 Å². The Hall–Kier alpha value is -0.300. The molecule has 2 saturated heterocycles. The van der Waals surface area contributed by atoms with Crippen LogP contribution in [0.15, 0.2) is 0 Å². The minimum atomic E-state index is -0.349. The fourth-order valence-electron chi connectivity index (χ4n) is 1.67. The second kappa shape index (κ2) is 5.16. The van der Waals surface area contributed by atoms with Gasteiger partial charge in [-0.2, -0.15) is 11.8 Å². The van der Waals surface area contributed by atoms with Gasteiger partial charge in [-0.1, -0.05) is 0 Å². The van der Waals surface area contributed by atoms with Gasteiger partial charge in [-0.05, 0) is 12.8 Å². The van der Waals surface area contributed by atoms with E-state index in [1.165, 1.54) is 0 Å². The molecule has 2 aliphatic rings. The van der Waals surface area contributed by atoms with Crippen molar-refractivity contribution in [3.8, 4) is 0 Å². The summed E-state index contributed by atoms with van der Waals surface area (Å²) in [5.74, 6) is 5.78. The number of hydrogen-bond donors (Lipinski definition) is 2. The van der Waals surface area contributed by atoms with Crippen LogP contribution in [0.2, 0.25) is 0 Å². The van der Waals surface area contributed by atoms with E-state index in [1.807, 2.05) is 11.8 Å². The van der Waals surface area contributed by atoms with Gasteiger partial charge in [-0.15, -0.1) is 0 Å². The summed E-state index contributed by atoms with van der Waals surface area (Å²) in [4.78, 5) is 11.2. The van der Waals surface area contributed by atoms with Crippen molar-refractivity contribution in [1.29, 1.82) is 0 Å². The number of hydrogen-bond acceptors (Lipinski definition) is 5. The van der Waals surface area contributed by atoms with Crippen molar-refractivity contribution in [2.45, 2.75) is 30.3 Å². The summed E-state index contributed by atoms with van der Waals surface area (Å²) in [6.45, 7) is 1.70. The molecule has 2 unspecified atom stereocenters. The highest BCUT2D eigenvalue weighted by molar-refractivity contribution is 8.00. The van der Waals surface area contributed by atoms with Crippen LogP contribution < -0.4 is 11.3 Å². The summed E-state index contributed by atoms with van der Waals surface area (Å²) in [5, 5.41) is 0.621. The molecule has 2 atom stereocenters. The molecule has 3 N–H and O–H groups in total. The SMILES string of the molecule is NNC(=O)C1CCC(CSC2COC2)O1. The average molecular weight is 232 g/mol. The highest BCUT2D eigenvalue weighted by Crippen LogP contribution is 2.26. The topological polar surface area (TPSA) is 73.6 Å². The maximum Gasteiger partial charge on any atom is 0.263 e. The standard InChI is InChI=1S/C9H16N2O3S/c10-11-9(12)8-2-1-6(14-8)5-15-7-3-13-4-7/h6-8H,1-5,10H2,(H,11,12). The summed E-state index contributed by atoms with van der Waals surface area (Å²) >= 11 is 1.87. The van der Waals surface area contributed by atoms with Gasteiger partial charge in [0.1, 0.15) is 6.10 Å². The van der Waals surface area contributed by atoms with E-state index in [4.69, 9.17) is 15.3 Å². The summed E-state index contributed by atoms with van der Waals surface area (Å²) in [7, 11) is 0. The Kier molecular flexibility index (Phi) is 3.85. The Balaban J connectivity index is 1.65. The summed E-state index contributed by atoms with van der Waals surface area (Å²) in [6.07, 6.45) is 1.56. The largest absolute Gasteiger partial charge is 0.379 e. The van der Waals surface area contributed by atoms with Crippen LogP contribution in [0.3, 0.4) is 0 Å². The fourth-order valence-corrected chi connectivity index (χ4v) is 2.78. The predicted molar refractivity (Wildman–Crippen MR) is 57.3 cm³/mol. The van der Waals surface area contributed by atoms with Crippen molar-refractivity contribution in [3.05, 3.63) is 0 Å². The Bertz CT molecular complexity index is 235. The molecule has 0 aromatic heterocycles. The molecule has 2 rings (SSSR count). The van der Waals surface area contributed by atoms with Gasteiger partial charge in [0.15, 0.2) is 0 Å². The van der Waals surface area contributed by atoms with Gasteiger partial charge < -0.3 is 9.47 Å². The number of thioether (sulfide) groups is 1. The van der Waals surface area contributed by atoms with Gasteiger partial charge in [0, 0.05) is 5.75 Å². The maximum atomic E-state index is 11.2. The Labute approximate surface area is 93.0 Å². The van der Waals surface area contributed by atoms with Crippen molar-refractivity contribution in [1.82, 2.24) is 5.43 Å². The van der Waals surface area contributed by atoms with E-state index in [2.05, 4.69) is 5.43 Å². The number of rotatable bonds is 4. The number of hydrazine groups is 1. The molecule has 2 fully saturated rings. The zero-order valence-corrected chi connectivity index (χ0v) is 9.29. The molecule has 0 radical (unpaired) electrons. The zero-order valence-electron chi connectivity index (χ0n) is 8.48. The van der Waals surface area contributed by atoms with Crippen molar-refractivity contribution >= 4 is 17.7 Å². The maximum absolute atomic E-state index is 11.2. The molecule has 0 saturated carbocycles. The lowest BCUT2D eigenvalue weighted by atomic mass is 10.2. The number of carbonyl (C=O) groups excluding carboxylic acids is 1. The van der Waals surface area contributed by atoms with Crippen LogP contribution in [-0.2, 0) is 14.3 Å². The van der Waals surface area contributed by atoms with Gasteiger partial charge >= 0.3 is 0 Å². The van der Waals surface area contributed by atoms with Crippen LogP contribution in [0.25, 0.3) is 0 Å².